The number of aromatic nitrogens is 1. The fourth-order valence-corrected chi connectivity index (χ4v) is 4.00. The zero-order valence-corrected chi connectivity index (χ0v) is 13.4. The molecule has 2 atom stereocenters. The number of likely N-dealkylation sites (tertiary alicyclic amines) is 1. The maximum absolute atomic E-state index is 12.4. The van der Waals surface area contributed by atoms with Crippen molar-refractivity contribution < 1.29 is 4.79 Å². The van der Waals surface area contributed by atoms with Crippen molar-refractivity contribution in [3.8, 4) is 0 Å². The van der Waals surface area contributed by atoms with Gasteiger partial charge in [-0.15, -0.1) is 0 Å². The van der Waals surface area contributed by atoms with E-state index in [4.69, 9.17) is 5.41 Å². The van der Waals surface area contributed by atoms with Gasteiger partial charge in [0.15, 0.2) is 0 Å². The number of nitrogens with one attached hydrogen (secondary N) is 2. The fraction of sp³-hybridized carbons (Fsp3) is 0.600. The predicted octanol–water partition coefficient (Wildman–Crippen LogP) is 2.19. The Hall–Kier alpha value is -1.30. The number of fused-ring (bicyclic) bond motifs is 2. The molecule has 2 unspecified atom stereocenters. The number of carbonyl (C=O) groups is 1. The molecule has 3 aliphatic rings. The van der Waals surface area contributed by atoms with Gasteiger partial charge in [0, 0.05) is 41.8 Å². The van der Waals surface area contributed by atoms with Crippen molar-refractivity contribution in [3.63, 3.8) is 0 Å². The number of rotatable bonds is 2. The monoisotopic (exact) mass is 350 g/mol. The molecule has 1 amide bonds. The van der Waals surface area contributed by atoms with Crippen molar-refractivity contribution in [1.82, 2.24) is 14.8 Å². The molecule has 21 heavy (non-hydrogen) atoms. The van der Waals surface area contributed by atoms with Crippen LogP contribution >= 0.6 is 15.9 Å². The lowest BCUT2D eigenvalue weighted by atomic mass is 10.1. The quantitative estimate of drug-likeness (QED) is 0.634. The molecule has 0 aromatic carbocycles. The highest BCUT2D eigenvalue weighted by molar-refractivity contribution is 9.10. The smallest absolute Gasteiger partial charge is 0.226 e. The summed E-state index contributed by atoms with van der Waals surface area (Å²) in [5.74, 6) is 1.21. The fourth-order valence-electron chi connectivity index (χ4n) is 3.66. The second-order valence-electron chi connectivity index (χ2n) is 6.39. The van der Waals surface area contributed by atoms with E-state index >= 15 is 0 Å². The first-order chi connectivity index (χ1) is 10.1. The Labute approximate surface area is 132 Å². The van der Waals surface area contributed by atoms with Crippen LogP contribution in [0.3, 0.4) is 0 Å². The summed E-state index contributed by atoms with van der Waals surface area (Å²) in [6, 6.07) is 2.54. The number of hydrogen-bond donors (Lipinski definition) is 2. The number of H-pyrrole nitrogens is 1. The second-order valence-corrected chi connectivity index (χ2v) is 7.31. The average Bonchev–Trinajstić information content (AvgIpc) is 3.19. The van der Waals surface area contributed by atoms with Crippen molar-refractivity contribution in [2.45, 2.75) is 37.8 Å². The van der Waals surface area contributed by atoms with E-state index in [1.54, 1.807) is 0 Å². The molecular weight excluding hydrogens is 332 g/mol. The number of hydrogen-bond acceptors (Lipinski definition) is 2. The summed E-state index contributed by atoms with van der Waals surface area (Å²) < 4.78 is 0.966. The molecule has 1 aliphatic carbocycles. The van der Waals surface area contributed by atoms with Gasteiger partial charge >= 0.3 is 0 Å². The molecule has 2 N–H and O–H groups in total. The van der Waals surface area contributed by atoms with Crippen LogP contribution in [0.25, 0.3) is 0 Å². The molecular formula is C15H19BrN4O. The van der Waals surface area contributed by atoms with Gasteiger partial charge < -0.3 is 14.8 Å². The molecule has 6 heteroatoms. The summed E-state index contributed by atoms with van der Waals surface area (Å²) in [6.45, 7) is 1.59. The van der Waals surface area contributed by atoms with E-state index in [2.05, 4.69) is 30.7 Å². The Morgan fingerprint density at radius 3 is 2.43 bits per heavy atom. The van der Waals surface area contributed by atoms with E-state index in [1.807, 2.05) is 12.3 Å². The Morgan fingerprint density at radius 1 is 1.24 bits per heavy atom. The van der Waals surface area contributed by atoms with Crippen molar-refractivity contribution in [1.29, 1.82) is 5.41 Å². The zero-order chi connectivity index (χ0) is 14.6. The minimum atomic E-state index is 0.301. The Kier molecular flexibility index (Phi) is 3.10. The summed E-state index contributed by atoms with van der Waals surface area (Å²) in [6.07, 6.45) is 6.17. The van der Waals surface area contributed by atoms with Crippen molar-refractivity contribution in [2.75, 3.05) is 13.1 Å². The van der Waals surface area contributed by atoms with Crippen LogP contribution in [0.2, 0.25) is 0 Å². The topological polar surface area (TPSA) is 63.2 Å². The van der Waals surface area contributed by atoms with E-state index in [0.29, 0.717) is 29.7 Å². The van der Waals surface area contributed by atoms with Crippen LogP contribution in [-0.2, 0) is 4.79 Å². The average molecular weight is 351 g/mol. The molecule has 2 aliphatic heterocycles. The molecule has 1 aromatic heterocycles. The van der Waals surface area contributed by atoms with E-state index in [-0.39, 0.29) is 0 Å². The lowest BCUT2D eigenvalue weighted by Gasteiger charge is -2.42. The van der Waals surface area contributed by atoms with E-state index in [9.17, 15) is 4.79 Å². The molecule has 4 rings (SSSR count). The second kappa shape index (κ2) is 4.87. The summed E-state index contributed by atoms with van der Waals surface area (Å²) in [5, 5.41) is 8.39. The Bertz CT molecular complexity index is 580. The summed E-state index contributed by atoms with van der Waals surface area (Å²) in [5.41, 5.74) is 0.836. The third-order valence-corrected chi connectivity index (χ3v) is 5.34. The molecule has 1 aromatic rings. The first kappa shape index (κ1) is 13.4. The van der Waals surface area contributed by atoms with Gasteiger partial charge in [-0.3, -0.25) is 10.2 Å². The number of piperazine rings is 1. The highest BCUT2D eigenvalue weighted by Crippen LogP contribution is 2.38. The van der Waals surface area contributed by atoms with Crippen molar-refractivity contribution in [2.24, 2.45) is 5.92 Å². The molecule has 3 heterocycles. The number of carbonyl (C=O) groups excluding carboxylic acids is 1. The van der Waals surface area contributed by atoms with Gasteiger partial charge in [-0.05, 0) is 47.7 Å². The number of aromatic amines is 1. The Balaban J connectivity index is 1.49. The van der Waals surface area contributed by atoms with Gasteiger partial charge in [0.25, 0.3) is 0 Å². The van der Waals surface area contributed by atoms with Gasteiger partial charge in [0.2, 0.25) is 5.91 Å². The van der Waals surface area contributed by atoms with E-state index < -0.39 is 0 Å². The lowest BCUT2D eigenvalue weighted by Crippen LogP contribution is -2.57. The van der Waals surface area contributed by atoms with Crippen LogP contribution in [0.5, 0.6) is 0 Å². The largest absolute Gasteiger partial charge is 0.358 e. The van der Waals surface area contributed by atoms with Gasteiger partial charge in [0.05, 0.1) is 5.69 Å². The molecule has 2 bridgehead atoms. The van der Waals surface area contributed by atoms with Gasteiger partial charge in [-0.25, -0.2) is 0 Å². The molecule has 0 radical (unpaired) electrons. The highest BCUT2D eigenvalue weighted by Gasteiger charge is 2.46. The number of amides is 1. The third kappa shape index (κ3) is 2.29. The van der Waals surface area contributed by atoms with Crippen molar-refractivity contribution >= 4 is 27.7 Å². The third-order valence-electron chi connectivity index (χ3n) is 4.88. The van der Waals surface area contributed by atoms with Crippen LogP contribution in [0, 0.1) is 11.3 Å². The maximum atomic E-state index is 12.4. The molecule has 0 spiro atoms. The normalized spacial score (nSPS) is 28.0. The zero-order valence-electron chi connectivity index (χ0n) is 11.8. The minimum Gasteiger partial charge on any atom is -0.358 e. The highest BCUT2D eigenvalue weighted by atomic mass is 79.9. The molecule has 3 fully saturated rings. The van der Waals surface area contributed by atoms with Gasteiger partial charge in [0.1, 0.15) is 5.84 Å². The van der Waals surface area contributed by atoms with Crippen molar-refractivity contribution in [3.05, 3.63) is 22.4 Å². The molecule has 2 saturated heterocycles. The summed E-state index contributed by atoms with van der Waals surface area (Å²) in [7, 11) is 0. The SMILES string of the molecule is N=C(c1cc(Br)c[nH]1)N1CC2CCC(C1)N2C(=O)C1CC1. The van der Waals surface area contributed by atoms with Crippen LogP contribution < -0.4 is 0 Å². The number of halogens is 1. The number of amidine groups is 1. The standard InChI is InChI=1S/C15H19BrN4O/c16-10-5-13(18-6-10)14(17)19-7-11-3-4-12(8-19)20(11)15(21)9-1-2-9/h5-6,9,11-12,17-18H,1-4,7-8H2. The van der Waals surface area contributed by atoms with Crippen LogP contribution in [-0.4, -0.2) is 51.7 Å². The lowest BCUT2D eigenvalue weighted by molar-refractivity contribution is -0.137. The van der Waals surface area contributed by atoms with Crippen LogP contribution in [0.4, 0.5) is 0 Å². The van der Waals surface area contributed by atoms with Crippen LogP contribution in [0.1, 0.15) is 31.4 Å². The predicted molar refractivity (Wildman–Crippen MR) is 83.3 cm³/mol. The Morgan fingerprint density at radius 2 is 1.90 bits per heavy atom. The molecule has 5 nitrogen and oxygen atoms in total. The summed E-state index contributed by atoms with van der Waals surface area (Å²) in [4.78, 5) is 19.8. The molecule has 112 valence electrons. The maximum Gasteiger partial charge on any atom is 0.226 e. The van der Waals surface area contributed by atoms with Crippen LogP contribution in [0.15, 0.2) is 16.7 Å². The van der Waals surface area contributed by atoms with E-state index in [1.165, 1.54) is 0 Å². The number of nitrogens with zero attached hydrogens (tertiary/aromatic N) is 2. The van der Waals surface area contributed by atoms with E-state index in [0.717, 1.165) is 48.9 Å². The first-order valence-corrected chi connectivity index (χ1v) is 8.43. The van der Waals surface area contributed by atoms with Gasteiger partial charge in [-0.2, -0.15) is 0 Å². The van der Waals surface area contributed by atoms with Gasteiger partial charge in [-0.1, -0.05) is 0 Å². The molecule has 1 saturated carbocycles. The minimum absolute atomic E-state index is 0.301. The summed E-state index contributed by atoms with van der Waals surface area (Å²) >= 11 is 3.41. The first-order valence-electron chi connectivity index (χ1n) is 7.63.